The molecule has 0 radical (unpaired) electrons. The van der Waals surface area contributed by atoms with Gasteiger partial charge in [-0.25, -0.2) is 0 Å². The van der Waals surface area contributed by atoms with E-state index in [1.165, 1.54) is 0 Å². The molecule has 1 aliphatic rings. The highest BCUT2D eigenvalue weighted by molar-refractivity contribution is 6.00. The van der Waals surface area contributed by atoms with Crippen molar-refractivity contribution in [3.8, 4) is 17.0 Å². The van der Waals surface area contributed by atoms with Gasteiger partial charge < -0.3 is 19.5 Å². The van der Waals surface area contributed by atoms with E-state index in [0.29, 0.717) is 5.69 Å². The van der Waals surface area contributed by atoms with Gasteiger partial charge in [0, 0.05) is 25.3 Å². The number of aromatic hydroxyl groups is 1. The average molecular weight is 379 g/mol. The molecular weight excluding hydrogens is 358 g/mol. The van der Waals surface area contributed by atoms with Crippen LogP contribution in [0.2, 0.25) is 0 Å². The lowest BCUT2D eigenvalue weighted by molar-refractivity contribution is -0.113. The predicted octanol–water partition coefficient (Wildman–Crippen LogP) is 2.95. The summed E-state index contributed by atoms with van der Waals surface area (Å²) in [5, 5.41) is 17.0. The lowest BCUT2D eigenvalue weighted by Gasteiger charge is -2.29. The van der Waals surface area contributed by atoms with Crippen molar-refractivity contribution < 1.29 is 19.4 Å². The summed E-state index contributed by atoms with van der Waals surface area (Å²) in [5.74, 6) is 0.00355. The lowest BCUT2D eigenvalue weighted by Crippen LogP contribution is -2.38. The Labute approximate surface area is 162 Å². The molecule has 7 heteroatoms. The number of methoxy groups -OCH3 is 2. The van der Waals surface area contributed by atoms with Crippen molar-refractivity contribution in [1.82, 2.24) is 15.1 Å². The van der Waals surface area contributed by atoms with Crippen LogP contribution in [0.4, 0.5) is 0 Å². The average Bonchev–Trinajstić information content (AvgIpc) is 3.27. The molecule has 0 spiro atoms. The Hall–Kier alpha value is -3.16. The minimum atomic E-state index is -0.555. The standard InChI is InChI=1S/C21H21N3O4/c1-27-16(28-2)12-24-20(14-8-10-15(25)11-9-14)17-18(13-6-4-3-5-7-13)22-23-19(17)21(24)26/h3-11,16,20,25H,12H2,1-2H3,(H,22,23). The molecule has 7 nitrogen and oxygen atoms in total. The summed E-state index contributed by atoms with van der Waals surface area (Å²) in [6.45, 7) is 0.258. The second-order valence-electron chi connectivity index (χ2n) is 6.58. The number of aromatic nitrogens is 2. The zero-order valence-corrected chi connectivity index (χ0v) is 15.6. The maximum absolute atomic E-state index is 13.2. The number of carbonyl (C=O) groups excluding carboxylic acids is 1. The van der Waals surface area contributed by atoms with Crippen LogP contribution in [0.5, 0.6) is 5.75 Å². The molecule has 1 amide bonds. The Bertz CT molecular complexity index is 965. The number of benzene rings is 2. The van der Waals surface area contributed by atoms with Crippen LogP contribution >= 0.6 is 0 Å². The van der Waals surface area contributed by atoms with Gasteiger partial charge in [-0.05, 0) is 17.7 Å². The first-order valence-electron chi connectivity index (χ1n) is 8.93. The van der Waals surface area contributed by atoms with E-state index in [4.69, 9.17) is 9.47 Å². The van der Waals surface area contributed by atoms with Gasteiger partial charge in [-0.1, -0.05) is 42.5 Å². The van der Waals surface area contributed by atoms with Crippen molar-refractivity contribution in [3.05, 3.63) is 71.4 Å². The Morgan fingerprint density at radius 1 is 1.11 bits per heavy atom. The molecule has 2 heterocycles. The van der Waals surface area contributed by atoms with E-state index in [2.05, 4.69) is 10.2 Å². The molecular formula is C21H21N3O4. The van der Waals surface area contributed by atoms with Crippen LogP contribution in [0.25, 0.3) is 11.3 Å². The predicted molar refractivity (Wildman–Crippen MR) is 103 cm³/mol. The number of phenolic OH excluding ortho intramolecular Hbond substituents is 1. The van der Waals surface area contributed by atoms with Crippen LogP contribution in [0.1, 0.15) is 27.7 Å². The first-order valence-corrected chi connectivity index (χ1v) is 8.93. The number of hydrogen-bond donors (Lipinski definition) is 2. The second kappa shape index (κ2) is 7.46. The lowest BCUT2D eigenvalue weighted by atomic mass is 9.96. The van der Waals surface area contributed by atoms with Gasteiger partial charge in [0.05, 0.1) is 18.3 Å². The van der Waals surface area contributed by atoms with E-state index >= 15 is 0 Å². The Morgan fingerprint density at radius 3 is 2.43 bits per heavy atom. The van der Waals surface area contributed by atoms with Gasteiger partial charge in [-0.15, -0.1) is 0 Å². The molecule has 2 N–H and O–H groups in total. The zero-order valence-electron chi connectivity index (χ0n) is 15.6. The fourth-order valence-electron chi connectivity index (χ4n) is 3.61. The summed E-state index contributed by atoms with van der Waals surface area (Å²) in [7, 11) is 3.08. The number of nitrogens with zero attached hydrogens (tertiary/aromatic N) is 2. The maximum atomic E-state index is 13.2. The first-order chi connectivity index (χ1) is 13.6. The Morgan fingerprint density at radius 2 is 1.79 bits per heavy atom. The van der Waals surface area contributed by atoms with E-state index in [1.807, 2.05) is 42.5 Å². The number of H-pyrrole nitrogens is 1. The Kier molecular flexibility index (Phi) is 4.85. The third-order valence-corrected chi connectivity index (χ3v) is 4.99. The van der Waals surface area contributed by atoms with E-state index in [1.54, 1.807) is 31.3 Å². The molecule has 2 aromatic carbocycles. The largest absolute Gasteiger partial charge is 0.508 e. The van der Waals surface area contributed by atoms with Gasteiger partial charge in [0.2, 0.25) is 0 Å². The molecule has 0 saturated carbocycles. The van der Waals surface area contributed by atoms with E-state index in [-0.39, 0.29) is 24.2 Å². The third-order valence-electron chi connectivity index (χ3n) is 4.99. The van der Waals surface area contributed by atoms with E-state index in [0.717, 1.165) is 22.4 Å². The van der Waals surface area contributed by atoms with Crippen LogP contribution in [0.3, 0.4) is 0 Å². The zero-order chi connectivity index (χ0) is 19.7. The fraction of sp³-hybridized carbons (Fsp3) is 0.238. The smallest absolute Gasteiger partial charge is 0.273 e. The molecule has 1 aromatic heterocycles. The molecule has 28 heavy (non-hydrogen) atoms. The van der Waals surface area contributed by atoms with E-state index in [9.17, 15) is 9.90 Å². The van der Waals surface area contributed by atoms with Gasteiger partial charge in [0.1, 0.15) is 11.4 Å². The van der Waals surface area contributed by atoms with Crippen molar-refractivity contribution in [3.63, 3.8) is 0 Å². The summed E-state index contributed by atoms with van der Waals surface area (Å²) >= 11 is 0. The highest BCUT2D eigenvalue weighted by Gasteiger charge is 2.43. The number of ether oxygens (including phenoxy) is 2. The molecule has 4 rings (SSSR count). The van der Waals surface area contributed by atoms with Gasteiger partial charge in [0.25, 0.3) is 5.91 Å². The van der Waals surface area contributed by atoms with Crippen LogP contribution in [0.15, 0.2) is 54.6 Å². The normalized spacial score (nSPS) is 16.0. The SMILES string of the molecule is COC(CN1C(=O)c2[nH]nc(-c3ccccc3)c2C1c1ccc(O)cc1)OC. The van der Waals surface area contributed by atoms with Gasteiger partial charge in [-0.3, -0.25) is 9.89 Å². The third kappa shape index (κ3) is 3.04. The second-order valence-corrected chi connectivity index (χ2v) is 6.58. The molecule has 0 fully saturated rings. The topological polar surface area (TPSA) is 87.7 Å². The van der Waals surface area contributed by atoms with Crippen molar-refractivity contribution in [1.29, 1.82) is 0 Å². The summed E-state index contributed by atoms with van der Waals surface area (Å²) in [6, 6.07) is 16.2. The summed E-state index contributed by atoms with van der Waals surface area (Å²) in [6.07, 6.45) is -0.555. The maximum Gasteiger partial charge on any atom is 0.273 e. The summed E-state index contributed by atoms with van der Waals surface area (Å²) in [5.41, 5.74) is 3.80. The summed E-state index contributed by atoms with van der Waals surface area (Å²) in [4.78, 5) is 14.9. The fourth-order valence-corrected chi connectivity index (χ4v) is 3.61. The highest BCUT2D eigenvalue weighted by Crippen LogP contribution is 2.43. The van der Waals surface area contributed by atoms with Crippen molar-refractivity contribution in [2.75, 3.05) is 20.8 Å². The molecule has 3 aromatic rings. The highest BCUT2D eigenvalue weighted by atomic mass is 16.7. The number of amides is 1. The molecule has 1 aliphatic heterocycles. The van der Waals surface area contributed by atoms with Crippen molar-refractivity contribution in [2.24, 2.45) is 0 Å². The number of carbonyl (C=O) groups is 1. The summed E-state index contributed by atoms with van der Waals surface area (Å²) < 4.78 is 10.6. The molecule has 0 bridgehead atoms. The van der Waals surface area contributed by atoms with Crippen molar-refractivity contribution >= 4 is 5.91 Å². The quantitative estimate of drug-likeness (QED) is 0.643. The van der Waals surface area contributed by atoms with Gasteiger partial charge in [-0.2, -0.15) is 5.10 Å². The number of phenols is 1. The number of fused-ring (bicyclic) bond motifs is 1. The number of nitrogens with one attached hydrogen (secondary N) is 1. The molecule has 1 unspecified atom stereocenters. The molecule has 1 atom stereocenters. The van der Waals surface area contributed by atoms with Crippen LogP contribution in [-0.2, 0) is 9.47 Å². The number of aromatic amines is 1. The Balaban J connectivity index is 1.84. The minimum absolute atomic E-state index is 0.165. The van der Waals surface area contributed by atoms with Gasteiger partial charge in [0.15, 0.2) is 6.29 Å². The number of rotatable bonds is 6. The number of hydrogen-bond acceptors (Lipinski definition) is 5. The molecule has 144 valence electrons. The van der Waals surface area contributed by atoms with Crippen LogP contribution < -0.4 is 0 Å². The minimum Gasteiger partial charge on any atom is -0.508 e. The molecule has 0 saturated heterocycles. The first kappa shape index (κ1) is 18.2. The van der Waals surface area contributed by atoms with Crippen LogP contribution in [0, 0.1) is 0 Å². The van der Waals surface area contributed by atoms with Crippen LogP contribution in [-0.4, -0.2) is 53.2 Å². The van der Waals surface area contributed by atoms with E-state index < -0.39 is 6.29 Å². The monoisotopic (exact) mass is 379 g/mol. The molecule has 0 aliphatic carbocycles. The van der Waals surface area contributed by atoms with Gasteiger partial charge >= 0.3 is 0 Å². The van der Waals surface area contributed by atoms with Crippen molar-refractivity contribution in [2.45, 2.75) is 12.3 Å².